The topological polar surface area (TPSA) is 152 Å². The number of nitrogens with zero attached hydrogens (tertiary/aromatic N) is 1. The smallest absolute Gasteiger partial charge is 0.195 e. The van der Waals surface area contributed by atoms with E-state index in [0.29, 0.717) is 17.9 Å². The minimum atomic E-state index is -0.178. The molecule has 0 heterocycles. The fourth-order valence-electron chi connectivity index (χ4n) is 1.09. The summed E-state index contributed by atoms with van der Waals surface area (Å²) in [6.45, 7) is 2.76. The van der Waals surface area contributed by atoms with E-state index in [1.807, 2.05) is 6.07 Å². The van der Waals surface area contributed by atoms with Gasteiger partial charge in [-0.1, -0.05) is 19.4 Å². The SMILES string of the molecule is CCCCN=C(N)NC(=N)N.Cl.Nc1cccc(N)c1. The molecule has 0 spiro atoms. The Bertz CT molecular complexity index is 403. The van der Waals surface area contributed by atoms with Gasteiger partial charge >= 0.3 is 0 Å². The van der Waals surface area contributed by atoms with Gasteiger partial charge in [0.2, 0.25) is 0 Å². The highest BCUT2D eigenvalue weighted by Gasteiger charge is 1.90. The highest BCUT2D eigenvalue weighted by atomic mass is 35.5. The van der Waals surface area contributed by atoms with E-state index in [-0.39, 0.29) is 24.3 Å². The van der Waals surface area contributed by atoms with Crippen molar-refractivity contribution in [2.24, 2.45) is 16.5 Å². The number of hydrogen-bond acceptors (Lipinski definition) is 4. The van der Waals surface area contributed by atoms with Crippen molar-refractivity contribution in [2.45, 2.75) is 19.8 Å². The molecule has 0 radical (unpaired) electrons. The van der Waals surface area contributed by atoms with Crippen LogP contribution in [0.1, 0.15) is 19.8 Å². The molecule has 0 bridgehead atoms. The van der Waals surface area contributed by atoms with Crippen LogP contribution in [0.3, 0.4) is 0 Å². The van der Waals surface area contributed by atoms with Gasteiger partial charge in [-0.15, -0.1) is 12.4 Å². The molecule has 0 atom stereocenters. The number of nitrogen functional groups attached to an aromatic ring is 2. The lowest BCUT2D eigenvalue weighted by molar-refractivity contribution is 0.804. The fraction of sp³-hybridized carbons (Fsp3) is 0.333. The summed E-state index contributed by atoms with van der Waals surface area (Å²) < 4.78 is 0. The van der Waals surface area contributed by atoms with Crippen LogP contribution in [-0.4, -0.2) is 18.5 Å². The van der Waals surface area contributed by atoms with Gasteiger partial charge in [0, 0.05) is 17.9 Å². The Labute approximate surface area is 125 Å². The van der Waals surface area contributed by atoms with Crippen LogP contribution in [-0.2, 0) is 0 Å². The quantitative estimate of drug-likeness (QED) is 0.211. The van der Waals surface area contributed by atoms with Crippen molar-refractivity contribution in [3.63, 3.8) is 0 Å². The Morgan fingerprint density at radius 1 is 1.25 bits per heavy atom. The fourth-order valence-corrected chi connectivity index (χ4v) is 1.09. The van der Waals surface area contributed by atoms with E-state index in [4.69, 9.17) is 28.3 Å². The second-order valence-electron chi connectivity index (χ2n) is 3.83. The van der Waals surface area contributed by atoms with Gasteiger partial charge in [-0.25, -0.2) is 0 Å². The standard InChI is InChI=1S/C6H15N5.C6H8N2.ClH/c1-2-3-4-10-6(9)11-5(7)8;7-5-2-1-3-6(8)4-5;/h2-4H2,1H3,(H6,7,8,9,10,11);1-4H,7-8H2;1H. The Morgan fingerprint density at radius 2 is 1.80 bits per heavy atom. The molecule has 0 aliphatic carbocycles. The molecule has 7 nitrogen and oxygen atoms in total. The summed E-state index contributed by atoms with van der Waals surface area (Å²) in [6, 6.07) is 7.15. The van der Waals surface area contributed by atoms with Crippen molar-refractivity contribution in [1.82, 2.24) is 5.32 Å². The van der Waals surface area contributed by atoms with Crippen molar-refractivity contribution in [2.75, 3.05) is 18.0 Å². The maximum Gasteiger partial charge on any atom is 0.195 e. The number of benzene rings is 1. The number of hydrogen-bond donors (Lipinski definition) is 6. The molecule has 0 saturated carbocycles. The van der Waals surface area contributed by atoms with Crippen molar-refractivity contribution < 1.29 is 0 Å². The van der Waals surface area contributed by atoms with Gasteiger partial charge in [0.05, 0.1) is 0 Å². The molecule has 8 heteroatoms. The summed E-state index contributed by atoms with van der Waals surface area (Å²) >= 11 is 0. The first kappa shape index (κ1) is 20.2. The van der Waals surface area contributed by atoms with E-state index < -0.39 is 0 Å². The van der Waals surface area contributed by atoms with Crippen molar-refractivity contribution in [1.29, 1.82) is 5.41 Å². The highest BCUT2D eigenvalue weighted by molar-refractivity contribution is 5.95. The molecule has 1 rings (SSSR count). The van der Waals surface area contributed by atoms with Crippen molar-refractivity contribution >= 4 is 35.7 Å². The number of guanidine groups is 2. The molecule has 20 heavy (non-hydrogen) atoms. The van der Waals surface area contributed by atoms with Gasteiger partial charge in [0.15, 0.2) is 11.9 Å². The first-order valence-corrected chi connectivity index (χ1v) is 5.97. The zero-order chi connectivity index (χ0) is 14.7. The van der Waals surface area contributed by atoms with Crippen LogP contribution in [0, 0.1) is 5.41 Å². The van der Waals surface area contributed by atoms with Gasteiger partial charge in [-0.3, -0.25) is 15.7 Å². The third-order valence-corrected chi connectivity index (χ3v) is 1.97. The van der Waals surface area contributed by atoms with Crippen LogP contribution in [0.2, 0.25) is 0 Å². The summed E-state index contributed by atoms with van der Waals surface area (Å²) in [6.07, 6.45) is 2.08. The monoisotopic (exact) mass is 301 g/mol. The predicted molar refractivity (Wildman–Crippen MR) is 89.0 cm³/mol. The van der Waals surface area contributed by atoms with Crippen molar-refractivity contribution in [3.8, 4) is 0 Å². The molecule has 1 aromatic carbocycles. The number of nitrogens with two attached hydrogens (primary N) is 4. The third kappa shape index (κ3) is 12.3. The van der Waals surface area contributed by atoms with E-state index in [1.165, 1.54) is 0 Å². The summed E-state index contributed by atoms with van der Waals surface area (Å²) in [7, 11) is 0. The van der Waals surface area contributed by atoms with Crippen LogP contribution in [0.15, 0.2) is 29.3 Å². The molecule has 0 aliphatic heterocycles. The lowest BCUT2D eigenvalue weighted by Crippen LogP contribution is -2.40. The molecule has 0 saturated heterocycles. The van der Waals surface area contributed by atoms with E-state index in [2.05, 4.69) is 17.2 Å². The second kappa shape index (κ2) is 11.9. The molecule has 114 valence electrons. The first-order chi connectivity index (χ1) is 8.95. The Morgan fingerprint density at radius 3 is 2.15 bits per heavy atom. The van der Waals surface area contributed by atoms with E-state index in [9.17, 15) is 0 Å². The molecule has 0 amide bonds. The molecular formula is C12H24ClN7. The second-order valence-corrected chi connectivity index (χ2v) is 3.83. The Balaban J connectivity index is 0. The van der Waals surface area contributed by atoms with Crippen LogP contribution in [0.5, 0.6) is 0 Å². The number of halogens is 1. The summed E-state index contributed by atoms with van der Waals surface area (Å²) in [4.78, 5) is 3.92. The average Bonchev–Trinajstić information content (AvgIpc) is 2.28. The molecule has 0 aromatic heterocycles. The highest BCUT2D eigenvalue weighted by Crippen LogP contribution is 2.06. The van der Waals surface area contributed by atoms with Crippen molar-refractivity contribution in [3.05, 3.63) is 24.3 Å². The molecule has 0 aliphatic rings. The lowest BCUT2D eigenvalue weighted by atomic mass is 10.3. The predicted octanol–water partition coefficient (Wildman–Crippen LogP) is 0.857. The summed E-state index contributed by atoms with van der Waals surface area (Å²) in [5.41, 5.74) is 22.5. The Kier molecular flexibility index (Phi) is 12.0. The zero-order valence-electron chi connectivity index (χ0n) is 11.6. The summed E-state index contributed by atoms with van der Waals surface area (Å²) in [5.74, 6) is 0.0358. The Hall–Kier alpha value is -2.15. The zero-order valence-corrected chi connectivity index (χ0v) is 12.4. The van der Waals surface area contributed by atoms with Gasteiger partial charge in [-0.05, 0) is 24.6 Å². The first-order valence-electron chi connectivity index (χ1n) is 5.97. The van der Waals surface area contributed by atoms with Crippen LogP contribution >= 0.6 is 12.4 Å². The molecule has 0 fully saturated rings. The number of rotatable bonds is 3. The maximum atomic E-state index is 6.81. The van der Waals surface area contributed by atoms with Crippen LogP contribution < -0.4 is 28.3 Å². The van der Waals surface area contributed by atoms with E-state index >= 15 is 0 Å². The van der Waals surface area contributed by atoms with Gasteiger partial charge in [0.1, 0.15) is 0 Å². The van der Waals surface area contributed by atoms with Gasteiger partial charge in [-0.2, -0.15) is 0 Å². The molecule has 10 N–H and O–H groups in total. The minimum absolute atomic E-state index is 0. The normalized spacial score (nSPS) is 9.75. The number of anilines is 2. The van der Waals surface area contributed by atoms with Gasteiger partial charge < -0.3 is 22.9 Å². The number of aliphatic imine (C=N–C) groups is 1. The average molecular weight is 302 g/mol. The van der Waals surface area contributed by atoms with E-state index in [1.54, 1.807) is 18.2 Å². The van der Waals surface area contributed by atoms with E-state index in [0.717, 1.165) is 12.8 Å². The third-order valence-electron chi connectivity index (χ3n) is 1.97. The summed E-state index contributed by atoms with van der Waals surface area (Å²) in [5, 5.41) is 9.20. The maximum absolute atomic E-state index is 6.81. The largest absolute Gasteiger partial charge is 0.399 e. The number of nitrogens with one attached hydrogen (secondary N) is 2. The lowest BCUT2D eigenvalue weighted by Gasteiger charge is -2.00. The van der Waals surface area contributed by atoms with Crippen LogP contribution in [0.25, 0.3) is 0 Å². The van der Waals surface area contributed by atoms with Gasteiger partial charge in [0.25, 0.3) is 0 Å². The van der Waals surface area contributed by atoms with Crippen LogP contribution in [0.4, 0.5) is 11.4 Å². The molecule has 0 unspecified atom stereocenters. The molecular weight excluding hydrogens is 278 g/mol. The number of unbranched alkanes of at least 4 members (excludes halogenated alkanes) is 1. The minimum Gasteiger partial charge on any atom is -0.399 e. The molecule has 1 aromatic rings.